The minimum absolute atomic E-state index is 0.0382. The van der Waals surface area contributed by atoms with E-state index in [1.165, 1.54) is 0 Å². The summed E-state index contributed by atoms with van der Waals surface area (Å²) in [5, 5.41) is 13.1. The Morgan fingerprint density at radius 2 is 1.71 bits per heavy atom. The van der Waals surface area contributed by atoms with E-state index in [1.807, 2.05) is 75.4 Å². The van der Waals surface area contributed by atoms with E-state index in [2.05, 4.69) is 5.32 Å². The van der Waals surface area contributed by atoms with Crippen LogP contribution in [0.5, 0.6) is 5.75 Å². The lowest BCUT2D eigenvalue weighted by Crippen LogP contribution is -2.28. The topological polar surface area (TPSA) is 58.6 Å². The van der Waals surface area contributed by atoms with Gasteiger partial charge in [0.15, 0.2) is 0 Å². The molecule has 2 N–H and O–H groups in total. The molecule has 0 bridgehead atoms. The van der Waals surface area contributed by atoms with E-state index in [9.17, 15) is 9.90 Å². The van der Waals surface area contributed by atoms with Gasteiger partial charge in [-0.25, -0.2) is 0 Å². The highest BCUT2D eigenvalue weighted by molar-refractivity contribution is 5.77. The first-order chi connectivity index (χ1) is 11.5. The lowest BCUT2D eigenvalue weighted by Gasteiger charge is -2.18. The molecule has 128 valence electrons. The Morgan fingerprint density at radius 3 is 2.38 bits per heavy atom. The highest BCUT2D eigenvalue weighted by atomic mass is 16.5. The van der Waals surface area contributed by atoms with E-state index in [4.69, 9.17) is 4.74 Å². The summed E-state index contributed by atoms with van der Waals surface area (Å²) < 4.78 is 5.68. The van der Waals surface area contributed by atoms with Crippen molar-refractivity contribution in [3.8, 4) is 5.75 Å². The molecule has 0 aliphatic carbocycles. The molecule has 0 radical (unpaired) electrons. The molecule has 2 aromatic rings. The number of ether oxygens (including phenoxy) is 1. The number of carbonyl (C=O) groups is 1. The normalized spacial score (nSPS) is 13.4. The minimum atomic E-state index is -0.797. The van der Waals surface area contributed by atoms with Gasteiger partial charge in [-0.05, 0) is 44.0 Å². The number of hydrogen-bond donors (Lipinski definition) is 2. The maximum absolute atomic E-state index is 12.2. The van der Waals surface area contributed by atoms with Crippen LogP contribution in [0.1, 0.15) is 50.5 Å². The third-order valence-corrected chi connectivity index (χ3v) is 3.67. The van der Waals surface area contributed by atoms with Crippen molar-refractivity contribution in [1.82, 2.24) is 5.32 Å². The minimum Gasteiger partial charge on any atom is -0.491 e. The Balaban J connectivity index is 1.94. The second kappa shape index (κ2) is 8.50. The van der Waals surface area contributed by atoms with Crippen LogP contribution in [-0.2, 0) is 4.79 Å². The van der Waals surface area contributed by atoms with Crippen molar-refractivity contribution >= 4 is 5.91 Å². The number of aliphatic hydroxyl groups is 1. The van der Waals surface area contributed by atoms with Crippen LogP contribution in [0.2, 0.25) is 0 Å². The van der Waals surface area contributed by atoms with Crippen LogP contribution < -0.4 is 10.1 Å². The van der Waals surface area contributed by atoms with Crippen LogP contribution in [0.25, 0.3) is 0 Å². The number of aliphatic hydroxyl groups excluding tert-OH is 1. The molecule has 2 atom stereocenters. The molecule has 4 nitrogen and oxygen atoms in total. The summed E-state index contributed by atoms with van der Waals surface area (Å²) in [4.78, 5) is 12.2. The molecule has 0 saturated heterocycles. The van der Waals surface area contributed by atoms with Gasteiger partial charge < -0.3 is 15.2 Å². The fourth-order valence-electron chi connectivity index (χ4n) is 2.48. The number of hydrogen-bond acceptors (Lipinski definition) is 3. The molecule has 0 saturated carbocycles. The van der Waals surface area contributed by atoms with Crippen LogP contribution in [0, 0.1) is 0 Å². The molecule has 24 heavy (non-hydrogen) atoms. The first kappa shape index (κ1) is 18.0. The Labute approximate surface area is 143 Å². The summed E-state index contributed by atoms with van der Waals surface area (Å²) in [6, 6.07) is 16.7. The van der Waals surface area contributed by atoms with E-state index >= 15 is 0 Å². The molecule has 2 rings (SSSR count). The molecule has 0 fully saturated rings. The highest BCUT2D eigenvalue weighted by Crippen LogP contribution is 2.21. The van der Waals surface area contributed by atoms with Gasteiger partial charge in [0.2, 0.25) is 5.91 Å². The molecular formula is C20H25NO3. The molecule has 0 heterocycles. The van der Waals surface area contributed by atoms with Gasteiger partial charge in [0.1, 0.15) is 5.75 Å². The SMILES string of the molecule is CC(C)Oc1cccc(C(C)NC(=O)CC(O)c2ccccc2)c1. The predicted octanol–water partition coefficient (Wildman–Crippen LogP) is 3.77. The van der Waals surface area contributed by atoms with Crippen molar-refractivity contribution in [3.63, 3.8) is 0 Å². The monoisotopic (exact) mass is 327 g/mol. The van der Waals surface area contributed by atoms with Gasteiger partial charge >= 0.3 is 0 Å². The molecule has 4 heteroatoms. The molecule has 0 aromatic heterocycles. The Kier molecular flexibility index (Phi) is 6.38. The zero-order chi connectivity index (χ0) is 17.5. The van der Waals surface area contributed by atoms with Gasteiger partial charge in [0, 0.05) is 0 Å². The lowest BCUT2D eigenvalue weighted by molar-refractivity contribution is -0.123. The fourth-order valence-corrected chi connectivity index (χ4v) is 2.48. The molecule has 0 aliphatic heterocycles. The molecule has 1 amide bonds. The van der Waals surface area contributed by atoms with Crippen molar-refractivity contribution in [1.29, 1.82) is 0 Å². The third-order valence-electron chi connectivity index (χ3n) is 3.67. The van der Waals surface area contributed by atoms with E-state index in [0.717, 1.165) is 16.9 Å². The van der Waals surface area contributed by atoms with Gasteiger partial charge in [0.05, 0.1) is 24.7 Å². The van der Waals surface area contributed by atoms with Gasteiger partial charge in [-0.1, -0.05) is 42.5 Å². The van der Waals surface area contributed by atoms with Crippen molar-refractivity contribution in [2.24, 2.45) is 0 Å². The van der Waals surface area contributed by atoms with Crippen molar-refractivity contribution in [2.45, 2.75) is 45.4 Å². The number of nitrogens with one attached hydrogen (secondary N) is 1. The molecular weight excluding hydrogens is 302 g/mol. The average molecular weight is 327 g/mol. The van der Waals surface area contributed by atoms with Crippen molar-refractivity contribution in [2.75, 3.05) is 0 Å². The summed E-state index contributed by atoms with van der Waals surface area (Å²) in [5.41, 5.74) is 1.71. The zero-order valence-electron chi connectivity index (χ0n) is 14.4. The first-order valence-corrected chi connectivity index (χ1v) is 8.24. The van der Waals surface area contributed by atoms with Gasteiger partial charge in [0.25, 0.3) is 0 Å². The lowest BCUT2D eigenvalue weighted by atomic mass is 10.0. The predicted molar refractivity (Wildman–Crippen MR) is 94.8 cm³/mol. The van der Waals surface area contributed by atoms with Crippen LogP contribution in [-0.4, -0.2) is 17.1 Å². The number of carbonyl (C=O) groups excluding carboxylic acids is 1. The molecule has 2 unspecified atom stereocenters. The van der Waals surface area contributed by atoms with E-state index < -0.39 is 6.10 Å². The maximum atomic E-state index is 12.2. The number of rotatable bonds is 7. The van der Waals surface area contributed by atoms with Crippen molar-refractivity contribution < 1.29 is 14.6 Å². The van der Waals surface area contributed by atoms with Gasteiger partial charge in [-0.3, -0.25) is 4.79 Å². The van der Waals surface area contributed by atoms with Crippen LogP contribution in [0.15, 0.2) is 54.6 Å². The molecule has 0 aliphatic rings. The van der Waals surface area contributed by atoms with Crippen molar-refractivity contribution in [3.05, 3.63) is 65.7 Å². The number of benzene rings is 2. The Morgan fingerprint density at radius 1 is 1.04 bits per heavy atom. The summed E-state index contributed by atoms with van der Waals surface area (Å²) in [6.07, 6.45) is -0.656. The quantitative estimate of drug-likeness (QED) is 0.814. The van der Waals surface area contributed by atoms with E-state index in [-0.39, 0.29) is 24.5 Å². The molecule has 2 aromatic carbocycles. The number of amides is 1. The maximum Gasteiger partial charge on any atom is 0.223 e. The largest absolute Gasteiger partial charge is 0.491 e. The summed E-state index contributed by atoms with van der Waals surface area (Å²) in [7, 11) is 0. The van der Waals surface area contributed by atoms with Crippen LogP contribution in [0.4, 0.5) is 0 Å². The van der Waals surface area contributed by atoms with Crippen LogP contribution in [0.3, 0.4) is 0 Å². The smallest absolute Gasteiger partial charge is 0.223 e. The highest BCUT2D eigenvalue weighted by Gasteiger charge is 2.15. The zero-order valence-corrected chi connectivity index (χ0v) is 14.4. The molecule has 0 spiro atoms. The van der Waals surface area contributed by atoms with Gasteiger partial charge in [-0.15, -0.1) is 0 Å². The third kappa shape index (κ3) is 5.39. The second-order valence-electron chi connectivity index (χ2n) is 6.16. The standard InChI is InChI=1S/C20H25NO3/c1-14(2)24-18-11-7-10-17(12-18)15(3)21-20(23)13-19(22)16-8-5-4-6-9-16/h4-12,14-15,19,22H,13H2,1-3H3,(H,21,23). The summed E-state index contributed by atoms with van der Waals surface area (Å²) in [5.74, 6) is 0.599. The summed E-state index contributed by atoms with van der Waals surface area (Å²) >= 11 is 0. The van der Waals surface area contributed by atoms with E-state index in [0.29, 0.717) is 0 Å². The average Bonchev–Trinajstić information content (AvgIpc) is 2.55. The Bertz CT molecular complexity index is 655. The first-order valence-electron chi connectivity index (χ1n) is 8.24. The van der Waals surface area contributed by atoms with Gasteiger partial charge in [-0.2, -0.15) is 0 Å². The van der Waals surface area contributed by atoms with E-state index in [1.54, 1.807) is 0 Å². The Hall–Kier alpha value is -2.33. The summed E-state index contributed by atoms with van der Waals surface area (Å²) in [6.45, 7) is 5.87. The fraction of sp³-hybridized carbons (Fsp3) is 0.350. The van der Waals surface area contributed by atoms with Crippen LogP contribution >= 0.6 is 0 Å². The second-order valence-corrected chi connectivity index (χ2v) is 6.16.